The number of morpholine rings is 1. The molecular weight excluding hydrogens is 394 g/mol. The number of fused-ring (bicyclic) bond motifs is 2. The summed E-state index contributed by atoms with van der Waals surface area (Å²) in [6, 6.07) is 10.6. The van der Waals surface area contributed by atoms with Crippen molar-refractivity contribution < 1.29 is 19.1 Å². The number of aldehydes is 1. The Morgan fingerprint density at radius 1 is 1.26 bits per heavy atom. The van der Waals surface area contributed by atoms with Crippen molar-refractivity contribution in [3.8, 4) is 11.3 Å². The second-order valence-corrected chi connectivity index (χ2v) is 9.16. The van der Waals surface area contributed by atoms with Crippen LogP contribution in [-0.2, 0) is 16.0 Å². The maximum absolute atomic E-state index is 12.2. The van der Waals surface area contributed by atoms with E-state index in [2.05, 4.69) is 27.3 Å². The number of anilines is 1. The van der Waals surface area contributed by atoms with Gasteiger partial charge in [-0.25, -0.2) is 4.79 Å². The van der Waals surface area contributed by atoms with Gasteiger partial charge in [0, 0.05) is 30.4 Å². The normalized spacial score (nSPS) is 21.0. The molecule has 1 amide bonds. The molecule has 0 aliphatic carbocycles. The standard InChI is InChI=1S/C24H29N3O4/c1-24(2,3)31-23(29)26-21-9-10-25-22(20(21)13-28)17-6-4-5-16(11-17)12-27-18-7-8-19(27)15-30-14-18/h4-6,9-11,13,18-19H,7-8,12,14-15H2,1-3H3,(H,25,26,29). The number of amides is 1. The number of nitrogens with one attached hydrogen (secondary N) is 1. The van der Waals surface area contributed by atoms with E-state index in [-0.39, 0.29) is 0 Å². The first-order chi connectivity index (χ1) is 14.8. The van der Waals surface area contributed by atoms with Gasteiger partial charge in [-0.05, 0) is 51.3 Å². The zero-order valence-electron chi connectivity index (χ0n) is 18.3. The number of nitrogens with zero attached hydrogens (tertiary/aromatic N) is 2. The van der Waals surface area contributed by atoms with Crippen molar-refractivity contribution in [1.82, 2.24) is 9.88 Å². The molecule has 1 N–H and O–H groups in total. The molecule has 1 aromatic carbocycles. The van der Waals surface area contributed by atoms with Crippen LogP contribution in [0.15, 0.2) is 36.5 Å². The van der Waals surface area contributed by atoms with E-state index in [9.17, 15) is 9.59 Å². The highest BCUT2D eigenvalue weighted by Crippen LogP contribution is 2.32. The number of carbonyl (C=O) groups excluding carboxylic acids is 2. The third-order valence-corrected chi connectivity index (χ3v) is 5.70. The third kappa shape index (κ3) is 4.94. The van der Waals surface area contributed by atoms with Crippen molar-refractivity contribution in [2.75, 3.05) is 18.5 Å². The van der Waals surface area contributed by atoms with Gasteiger partial charge in [0.1, 0.15) is 5.60 Å². The molecule has 2 unspecified atom stereocenters. The lowest BCUT2D eigenvalue weighted by Crippen LogP contribution is -2.45. The van der Waals surface area contributed by atoms with Gasteiger partial charge in [-0.3, -0.25) is 20.0 Å². The number of rotatable bonds is 5. The van der Waals surface area contributed by atoms with E-state index in [4.69, 9.17) is 9.47 Å². The van der Waals surface area contributed by atoms with E-state index in [0.717, 1.165) is 31.6 Å². The zero-order chi connectivity index (χ0) is 22.0. The Labute approximate surface area is 182 Å². The van der Waals surface area contributed by atoms with Gasteiger partial charge in [0.15, 0.2) is 6.29 Å². The molecule has 2 fully saturated rings. The topological polar surface area (TPSA) is 80.8 Å². The second-order valence-electron chi connectivity index (χ2n) is 9.16. The number of hydrogen-bond acceptors (Lipinski definition) is 6. The van der Waals surface area contributed by atoms with Gasteiger partial charge in [-0.2, -0.15) is 0 Å². The van der Waals surface area contributed by atoms with Crippen molar-refractivity contribution in [2.45, 2.75) is 57.8 Å². The summed E-state index contributed by atoms with van der Waals surface area (Å²) in [5.74, 6) is 0. The van der Waals surface area contributed by atoms with Gasteiger partial charge < -0.3 is 9.47 Å². The molecule has 2 atom stereocenters. The fraction of sp³-hybridized carbons (Fsp3) is 0.458. The Bertz CT molecular complexity index is 954. The molecule has 2 aliphatic rings. The van der Waals surface area contributed by atoms with Crippen LogP contribution < -0.4 is 5.32 Å². The van der Waals surface area contributed by atoms with Gasteiger partial charge in [-0.15, -0.1) is 0 Å². The molecule has 7 nitrogen and oxygen atoms in total. The van der Waals surface area contributed by atoms with Crippen molar-refractivity contribution in [1.29, 1.82) is 0 Å². The molecule has 7 heteroatoms. The van der Waals surface area contributed by atoms with E-state index < -0.39 is 11.7 Å². The molecule has 31 heavy (non-hydrogen) atoms. The molecule has 0 radical (unpaired) electrons. The Kier molecular flexibility index (Phi) is 6.07. The number of benzene rings is 1. The van der Waals surface area contributed by atoms with Crippen LogP contribution >= 0.6 is 0 Å². The number of aromatic nitrogens is 1. The molecule has 2 saturated heterocycles. The molecule has 1 aromatic heterocycles. The Balaban J connectivity index is 1.57. The van der Waals surface area contributed by atoms with Gasteiger partial charge in [0.25, 0.3) is 0 Å². The molecule has 2 aromatic rings. The van der Waals surface area contributed by atoms with Crippen LogP contribution in [0.1, 0.15) is 49.5 Å². The average Bonchev–Trinajstić information content (AvgIpc) is 2.93. The highest BCUT2D eigenvalue weighted by Gasteiger charge is 2.37. The largest absolute Gasteiger partial charge is 0.444 e. The van der Waals surface area contributed by atoms with Crippen LogP contribution in [-0.4, -0.2) is 53.2 Å². The quantitative estimate of drug-likeness (QED) is 0.724. The number of ether oxygens (including phenoxy) is 2. The van der Waals surface area contributed by atoms with Gasteiger partial charge in [0.2, 0.25) is 0 Å². The summed E-state index contributed by atoms with van der Waals surface area (Å²) in [6.45, 7) is 7.81. The lowest BCUT2D eigenvalue weighted by Gasteiger charge is -2.34. The fourth-order valence-electron chi connectivity index (χ4n) is 4.34. The monoisotopic (exact) mass is 423 g/mol. The maximum atomic E-state index is 12.2. The van der Waals surface area contributed by atoms with Crippen LogP contribution in [0.2, 0.25) is 0 Å². The van der Waals surface area contributed by atoms with Gasteiger partial charge >= 0.3 is 6.09 Å². The fourth-order valence-corrected chi connectivity index (χ4v) is 4.34. The number of pyridine rings is 1. The average molecular weight is 424 g/mol. The summed E-state index contributed by atoms with van der Waals surface area (Å²) in [5.41, 5.74) is 2.63. The summed E-state index contributed by atoms with van der Waals surface area (Å²) in [4.78, 5) is 31.1. The van der Waals surface area contributed by atoms with Gasteiger partial charge in [-0.1, -0.05) is 18.2 Å². The summed E-state index contributed by atoms with van der Waals surface area (Å²) in [5, 5.41) is 2.67. The highest BCUT2D eigenvalue weighted by molar-refractivity contribution is 5.98. The maximum Gasteiger partial charge on any atom is 0.412 e. The van der Waals surface area contributed by atoms with Crippen molar-refractivity contribution in [2.24, 2.45) is 0 Å². The van der Waals surface area contributed by atoms with Crippen LogP contribution in [0, 0.1) is 0 Å². The molecular formula is C24H29N3O4. The highest BCUT2D eigenvalue weighted by atomic mass is 16.6. The molecule has 3 heterocycles. The zero-order valence-corrected chi connectivity index (χ0v) is 18.3. The molecule has 164 valence electrons. The SMILES string of the molecule is CC(C)(C)OC(=O)Nc1ccnc(-c2cccc(CN3C4CCC3COC4)c2)c1C=O. The van der Waals surface area contributed by atoms with E-state index in [1.807, 2.05) is 12.1 Å². The molecule has 0 spiro atoms. The summed E-state index contributed by atoms with van der Waals surface area (Å²) >= 11 is 0. The van der Waals surface area contributed by atoms with Crippen molar-refractivity contribution in [3.63, 3.8) is 0 Å². The van der Waals surface area contributed by atoms with E-state index in [0.29, 0.717) is 29.0 Å². The first-order valence-corrected chi connectivity index (χ1v) is 10.7. The predicted molar refractivity (Wildman–Crippen MR) is 118 cm³/mol. The smallest absolute Gasteiger partial charge is 0.412 e. The van der Waals surface area contributed by atoms with Crippen LogP contribution in [0.4, 0.5) is 10.5 Å². The predicted octanol–water partition coefficient (Wildman–Crippen LogP) is 4.27. The van der Waals surface area contributed by atoms with Crippen LogP contribution in [0.5, 0.6) is 0 Å². The molecule has 2 aliphatic heterocycles. The second kappa shape index (κ2) is 8.77. The summed E-state index contributed by atoms with van der Waals surface area (Å²) in [7, 11) is 0. The minimum atomic E-state index is -0.630. The van der Waals surface area contributed by atoms with Crippen molar-refractivity contribution in [3.05, 3.63) is 47.7 Å². The summed E-state index contributed by atoms with van der Waals surface area (Å²) < 4.78 is 11.0. The number of carbonyl (C=O) groups is 2. The minimum Gasteiger partial charge on any atom is -0.444 e. The third-order valence-electron chi connectivity index (χ3n) is 5.70. The van der Waals surface area contributed by atoms with E-state index in [1.165, 1.54) is 18.4 Å². The lowest BCUT2D eigenvalue weighted by molar-refractivity contribution is -0.0186. The Hall–Kier alpha value is -2.77. The first-order valence-electron chi connectivity index (χ1n) is 10.7. The van der Waals surface area contributed by atoms with E-state index >= 15 is 0 Å². The van der Waals surface area contributed by atoms with Gasteiger partial charge in [0.05, 0.1) is 30.2 Å². The number of hydrogen-bond donors (Lipinski definition) is 1. The van der Waals surface area contributed by atoms with E-state index in [1.54, 1.807) is 33.0 Å². The van der Waals surface area contributed by atoms with Crippen LogP contribution in [0.25, 0.3) is 11.3 Å². The van der Waals surface area contributed by atoms with Crippen LogP contribution in [0.3, 0.4) is 0 Å². The summed E-state index contributed by atoms with van der Waals surface area (Å²) in [6.07, 6.45) is 4.07. The molecule has 4 rings (SSSR count). The lowest BCUT2D eigenvalue weighted by atomic mass is 10.0. The minimum absolute atomic E-state index is 0.331. The first kappa shape index (κ1) is 21.5. The molecule has 2 bridgehead atoms. The molecule has 0 saturated carbocycles. The Morgan fingerprint density at radius 2 is 2.00 bits per heavy atom. The van der Waals surface area contributed by atoms with Crippen molar-refractivity contribution >= 4 is 18.1 Å². The Morgan fingerprint density at radius 3 is 2.68 bits per heavy atom.